The molecule has 1 rings (SSSR count). The molecule has 0 saturated heterocycles. The number of nitrogens with one attached hydrogen (secondary N) is 1. The monoisotopic (exact) mass is 300 g/mol. The van der Waals surface area contributed by atoms with Gasteiger partial charge in [0.25, 0.3) is 0 Å². The summed E-state index contributed by atoms with van der Waals surface area (Å²) < 4.78 is 5.05. The van der Waals surface area contributed by atoms with Crippen molar-refractivity contribution < 1.29 is 14.6 Å². The molecule has 1 aromatic rings. The van der Waals surface area contributed by atoms with Gasteiger partial charge in [-0.1, -0.05) is 11.6 Å². The second kappa shape index (κ2) is 8.09. The zero-order valence-electron chi connectivity index (χ0n) is 12.0. The Hall–Kier alpha value is -1.30. The highest BCUT2D eigenvalue weighted by atomic mass is 35.5. The van der Waals surface area contributed by atoms with Crippen LogP contribution in [0.3, 0.4) is 0 Å². The van der Waals surface area contributed by atoms with Crippen LogP contribution in [0.4, 0.5) is 5.69 Å². The second-order valence-electron chi connectivity index (χ2n) is 4.77. The van der Waals surface area contributed by atoms with E-state index in [-0.39, 0.29) is 18.6 Å². The van der Waals surface area contributed by atoms with Crippen LogP contribution in [0.15, 0.2) is 18.2 Å². The lowest BCUT2D eigenvalue weighted by Gasteiger charge is -2.17. The molecule has 0 aromatic heterocycles. The van der Waals surface area contributed by atoms with Gasteiger partial charge in [0.1, 0.15) is 5.75 Å². The Balaban J connectivity index is 2.47. The molecule has 0 aliphatic carbocycles. The highest BCUT2D eigenvalue weighted by Gasteiger charge is 2.09. The Morgan fingerprint density at radius 2 is 2.25 bits per heavy atom. The number of carbonyl (C=O) groups is 1. The molecular formula is C14H21ClN2O3. The van der Waals surface area contributed by atoms with Crippen LogP contribution in [0.1, 0.15) is 13.3 Å². The third kappa shape index (κ3) is 5.77. The molecule has 0 fully saturated rings. The third-order valence-electron chi connectivity index (χ3n) is 2.78. The van der Waals surface area contributed by atoms with Gasteiger partial charge in [-0.15, -0.1) is 0 Å². The lowest BCUT2D eigenvalue weighted by Crippen LogP contribution is -2.32. The maximum Gasteiger partial charge on any atom is 0.238 e. The van der Waals surface area contributed by atoms with E-state index in [4.69, 9.17) is 16.3 Å². The number of ether oxygens (including phenoxy) is 1. The molecule has 0 aliphatic heterocycles. The number of likely N-dealkylation sites (N-methyl/N-ethyl adjacent to an activating group) is 1. The molecule has 0 aliphatic rings. The van der Waals surface area contributed by atoms with Crippen molar-refractivity contribution in [3.63, 3.8) is 0 Å². The summed E-state index contributed by atoms with van der Waals surface area (Å²) in [5.41, 5.74) is 0.629. The molecule has 1 atom stereocenters. The number of rotatable bonds is 7. The van der Waals surface area contributed by atoms with Crippen molar-refractivity contribution >= 4 is 23.2 Å². The van der Waals surface area contributed by atoms with Gasteiger partial charge >= 0.3 is 0 Å². The van der Waals surface area contributed by atoms with Crippen LogP contribution in [-0.2, 0) is 4.79 Å². The van der Waals surface area contributed by atoms with E-state index in [9.17, 15) is 9.90 Å². The number of carbonyl (C=O) groups excluding carboxylic acids is 1. The van der Waals surface area contributed by atoms with Crippen molar-refractivity contribution in [2.24, 2.45) is 0 Å². The van der Waals surface area contributed by atoms with E-state index >= 15 is 0 Å². The molecule has 0 saturated carbocycles. The lowest BCUT2D eigenvalue weighted by molar-refractivity contribution is -0.117. The number of benzene rings is 1. The molecule has 0 radical (unpaired) electrons. The Kier molecular flexibility index (Phi) is 6.78. The van der Waals surface area contributed by atoms with Crippen LogP contribution in [-0.4, -0.2) is 49.3 Å². The van der Waals surface area contributed by atoms with Crippen LogP contribution in [0.5, 0.6) is 5.75 Å². The fourth-order valence-corrected chi connectivity index (χ4v) is 1.93. The van der Waals surface area contributed by atoms with Gasteiger partial charge in [-0.25, -0.2) is 0 Å². The predicted molar refractivity (Wildman–Crippen MR) is 80.4 cm³/mol. The van der Waals surface area contributed by atoms with Gasteiger partial charge in [-0.2, -0.15) is 0 Å². The summed E-state index contributed by atoms with van der Waals surface area (Å²) >= 11 is 5.99. The van der Waals surface area contributed by atoms with E-state index in [0.717, 1.165) is 0 Å². The molecule has 1 amide bonds. The molecule has 1 aromatic carbocycles. The number of aliphatic hydroxyl groups is 1. The summed E-state index contributed by atoms with van der Waals surface area (Å²) in [5.74, 6) is 0.443. The summed E-state index contributed by atoms with van der Waals surface area (Å²) in [6.45, 7) is 2.65. The van der Waals surface area contributed by atoms with Crippen LogP contribution < -0.4 is 10.1 Å². The quantitative estimate of drug-likeness (QED) is 0.808. The first kappa shape index (κ1) is 16.8. The first-order valence-corrected chi connectivity index (χ1v) is 6.80. The van der Waals surface area contributed by atoms with Gasteiger partial charge < -0.3 is 15.2 Å². The molecule has 20 heavy (non-hydrogen) atoms. The molecule has 5 nitrogen and oxygen atoms in total. The average molecular weight is 301 g/mol. The van der Waals surface area contributed by atoms with E-state index in [1.165, 1.54) is 7.11 Å². The van der Waals surface area contributed by atoms with E-state index in [0.29, 0.717) is 29.4 Å². The number of amides is 1. The van der Waals surface area contributed by atoms with Gasteiger partial charge in [0, 0.05) is 12.2 Å². The Morgan fingerprint density at radius 3 is 2.80 bits per heavy atom. The SMILES string of the molecule is COc1ccc(NC(=O)CN(C)CCC(C)O)cc1Cl. The first-order chi connectivity index (χ1) is 9.42. The van der Waals surface area contributed by atoms with Gasteiger partial charge in [-0.3, -0.25) is 9.69 Å². The number of methoxy groups -OCH3 is 1. The maximum absolute atomic E-state index is 11.8. The molecule has 0 bridgehead atoms. The fraction of sp³-hybridized carbons (Fsp3) is 0.500. The molecule has 0 spiro atoms. The largest absolute Gasteiger partial charge is 0.495 e. The molecule has 0 heterocycles. The van der Waals surface area contributed by atoms with Gasteiger partial charge in [-0.05, 0) is 38.6 Å². The van der Waals surface area contributed by atoms with Crippen LogP contribution in [0.25, 0.3) is 0 Å². The Labute approximate surface area is 124 Å². The van der Waals surface area contributed by atoms with E-state index in [1.54, 1.807) is 25.1 Å². The summed E-state index contributed by atoms with van der Waals surface area (Å²) in [6, 6.07) is 5.08. The molecule has 112 valence electrons. The molecule has 1 unspecified atom stereocenters. The van der Waals surface area contributed by atoms with E-state index in [1.807, 2.05) is 11.9 Å². The molecular weight excluding hydrogens is 280 g/mol. The van der Waals surface area contributed by atoms with E-state index in [2.05, 4.69) is 5.32 Å². The normalized spacial score (nSPS) is 12.3. The van der Waals surface area contributed by atoms with Crippen molar-refractivity contribution in [1.29, 1.82) is 0 Å². The summed E-state index contributed by atoms with van der Waals surface area (Å²) in [4.78, 5) is 13.7. The topological polar surface area (TPSA) is 61.8 Å². The maximum atomic E-state index is 11.8. The standard InChI is InChI=1S/C14H21ClN2O3/c1-10(18)6-7-17(2)9-14(19)16-11-4-5-13(20-3)12(15)8-11/h4-5,8,10,18H,6-7,9H2,1-3H3,(H,16,19). The van der Waals surface area contributed by atoms with Crippen molar-refractivity contribution in [3.8, 4) is 5.75 Å². The summed E-state index contributed by atoms with van der Waals surface area (Å²) in [5, 5.41) is 12.4. The highest BCUT2D eigenvalue weighted by molar-refractivity contribution is 6.32. The van der Waals surface area contributed by atoms with Crippen LogP contribution in [0, 0.1) is 0 Å². The van der Waals surface area contributed by atoms with Gasteiger partial charge in [0.15, 0.2) is 0 Å². The Morgan fingerprint density at radius 1 is 1.55 bits per heavy atom. The number of nitrogens with zero attached hydrogens (tertiary/aromatic N) is 1. The van der Waals surface area contributed by atoms with Crippen LogP contribution in [0.2, 0.25) is 5.02 Å². The minimum Gasteiger partial charge on any atom is -0.495 e. The van der Waals surface area contributed by atoms with Crippen molar-refractivity contribution in [3.05, 3.63) is 23.2 Å². The first-order valence-electron chi connectivity index (χ1n) is 6.42. The minimum absolute atomic E-state index is 0.126. The molecule has 6 heteroatoms. The third-order valence-corrected chi connectivity index (χ3v) is 3.07. The Bertz CT molecular complexity index is 452. The van der Waals surface area contributed by atoms with E-state index < -0.39 is 0 Å². The number of anilines is 1. The fourth-order valence-electron chi connectivity index (χ4n) is 1.68. The number of halogens is 1. The summed E-state index contributed by atoms with van der Waals surface area (Å²) in [7, 11) is 3.37. The predicted octanol–water partition coefficient (Wildman–Crippen LogP) is 1.99. The number of aliphatic hydroxyl groups excluding tert-OH is 1. The zero-order valence-corrected chi connectivity index (χ0v) is 12.8. The summed E-state index contributed by atoms with van der Waals surface area (Å²) in [6.07, 6.45) is 0.277. The highest BCUT2D eigenvalue weighted by Crippen LogP contribution is 2.27. The van der Waals surface area contributed by atoms with Gasteiger partial charge in [0.2, 0.25) is 5.91 Å². The molecule has 2 N–H and O–H groups in total. The van der Waals surface area contributed by atoms with Crippen molar-refractivity contribution in [2.45, 2.75) is 19.4 Å². The van der Waals surface area contributed by atoms with Crippen LogP contribution >= 0.6 is 11.6 Å². The lowest BCUT2D eigenvalue weighted by atomic mass is 10.2. The number of hydrogen-bond donors (Lipinski definition) is 2. The smallest absolute Gasteiger partial charge is 0.238 e. The minimum atomic E-state index is -0.360. The average Bonchev–Trinajstić information content (AvgIpc) is 2.36. The van der Waals surface area contributed by atoms with Crippen molar-refractivity contribution in [1.82, 2.24) is 4.90 Å². The number of hydrogen-bond acceptors (Lipinski definition) is 4. The zero-order chi connectivity index (χ0) is 15.1. The van der Waals surface area contributed by atoms with Gasteiger partial charge in [0.05, 0.1) is 24.8 Å². The van der Waals surface area contributed by atoms with Crippen molar-refractivity contribution in [2.75, 3.05) is 32.6 Å². The second-order valence-corrected chi connectivity index (χ2v) is 5.18.